The number of carbonyl (C=O) groups excluding carboxylic acids is 1. The van der Waals surface area contributed by atoms with Gasteiger partial charge in [-0.05, 0) is 24.6 Å². The molecular weight excluding hydrogens is 412 g/mol. The number of ether oxygens (including phenoxy) is 2. The predicted molar refractivity (Wildman–Crippen MR) is 119 cm³/mol. The van der Waals surface area contributed by atoms with Crippen LogP contribution in [-0.2, 0) is 16.0 Å². The number of aromatic nitrogens is 3. The standard InChI is InChI=1S/C22H28N6O4/c1-15-3-4-18-25-20-17(22(30)28(18)14-15)13-16(19(23)27(20)9-10-31-2)21(29)24-5-6-26-7-11-32-12-8-26/h3-4,13-14,23H,5-12H2,1-2H3,(H,24,29). The molecule has 1 aliphatic heterocycles. The summed E-state index contributed by atoms with van der Waals surface area (Å²) < 4.78 is 13.6. The molecule has 10 nitrogen and oxygen atoms in total. The topological polar surface area (TPSA) is 114 Å². The van der Waals surface area contributed by atoms with E-state index in [1.54, 1.807) is 23.9 Å². The molecule has 2 N–H and O–H groups in total. The van der Waals surface area contributed by atoms with Gasteiger partial charge in [0.15, 0.2) is 0 Å². The maximum atomic E-state index is 13.2. The Kier molecular flexibility index (Phi) is 6.63. The molecular formula is C22H28N6O4. The van der Waals surface area contributed by atoms with Crippen LogP contribution in [0.3, 0.4) is 0 Å². The predicted octanol–water partition coefficient (Wildman–Crippen LogP) is 0.145. The number of fused-ring (bicyclic) bond motifs is 2. The number of carbonyl (C=O) groups is 1. The number of rotatable bonds is 7. The Morgan fingerprint density at radius 1 is 1.28 bits per heavy atom. The summed E-state index contributed by atoms with van der Waals surface area (Å²) >= 11 is 0. The minimum atomic E-state index is -0.384. The van der Waals surface area contributed by atoms with Crippen LogP contribution in [0, 0.1) is 12.3 Å². The summed E-state index contributed by atoms with van der Waals surface area (Å²) in [6, 6.07) is 5.13. The van der Waals surface area contributed by atoms with Crippen LogP contribution in [0.15, 0.2) is 29.2 Å². The maximum absolute atomic E-state index is 13.2. The molecule has 4 heterocycles. The first-order chi connectivity index (χ1) is 15.5. The van der Waals surface area contributed by atoms with Gasteiger partial charge in [0.1, 0.15) is 16.8 Å². The van der Waals surface area contributed by atoms with Gasteiger partial charge in [-0.1, -0.05) is 6.07 Å². The van der Waals surface area contributed by atoms with E-state index in [0.717, 1.165) is 18.7 Å². The molecule has 10 heteroatoms. The maximum Gasteiger partial charge on any atom is 0.267 e. The van der Waals surface area contributed by atoms with Crippen LogP contribution >= 0.6 is 0 Å². The Labute approximate surface area is 184 Å². The first-order valence-electron chi connectivity index (χ1n) is 10.7. The largest absolute Gasteiger partial charge is 0.383 e. The number of methoxy groups -OCH3 is 1. The molecule has 3 aromatic heterocycles. The Morgan fingerprint density at radius 2 is 2.06 bits per heavy atom. The van der Waals surface area contributed by atoms with E-state index in [9.17, 15) is 9.59 Å². The van der Waals surface area contributed by atoms with Crippen molar-refractivity contribution in [3.05, 3.63) is 51.4 Å². The number of aryl methyl sites for hydroxylation is 1. The Balaban J connectivity index is 1.72. The number of nitrogens with one attached hydrogen (secondary N) is 2. The van der Waals surface area contributed by atoms with Crippen LogP contribution in [0.2, 0.25) is 0 Å². The van der Waals surface area contributed by atoms with Crippen LogP contribution in [0.4, 0.5) is 0 Å². The fourth-order valence-corrected chi connectivity index (χ4v) is 3.86. The minimum absolute atomic E-state index is 0.00165. The first-order valence-corrected chi connectivity index (χ1v) is 10.7. The zero-order valence-corrected chi connectivity index (χ0v) is 18.4. The van der Waals surface area contributed by atoms with Crippen molar-refractivity contribution in [1.82, 2.24) is 24.2 Å². The van der Waals surface area contributed by atoms with Gasteiger partial charge < -0.3 is 19.4 Å². The molecule has 1 saturated heterocycles. The van der Waals surface area contributed by atoms with Gasteiger partial charge in [-0.15, -0.1) is 0 Å². The van der Waals surface area contributed by atoms with Crippen molar-refractivity contribution in [2.75, 3.05) is 53.1 Å². The highest BCUT2D eigenvalue weighted by atomic mass is 16.5. The van der Waals surface area contributed by atoms with Crippen LogP contribution in [-0.4, -0.2) is 77.9 Å². The van der Waals surface area contributed by atoms with Gasteiger partial charge in [0, 0.05) is 46.0 Å². The third kappa shape index (κ3) is 4.43. The molecule has 3 aromatic rings. The molecule has 0 aliphatic carbocycles. The zero-order valence-electron chi connectivity index (χ0n) is 18.4. The lowest BCUT2D eigenvalue weighted by molar-refractivity contribution is 0.0383. The van der Waals surface area contributed by atoms with Crippen molar-refractivity contribution in [2.24, 2.45) is 0 Å². The lowest BCUT2D eigenvalue weighted by Gasteiger charge is -2.26. The Morgan fingerprint density at radius 3 is 2.81 bits per heavy atom. The highest BCUT2D eigenvalue weighted by Crippen LogP contribution is 2.11. The normalized spacial score (nSPS) is 14.8. The molecule has 0 saturated carbocycles. The molecule has 1 aliphatic rings. The molecule has 1 fully saturated rings. The molecule has 0 bridgehead atoms. The van der Waals surface area contributed by atoms with E-state index in [1.165, 1.54) is 10.5 Å². The Hall–Kier alpha value is -3.08. The van der Waals surface area contributed by atoms with Crippen molar-refractivity contribution < 1.29 is 14.3 Å². The van der Waals surface area contributed by atoms with E-state index in [2.05, 4.69) is 15.2 Å². The minimum Gasteiger partial charge on any atom is -0.383 e. The second-order valence-electron chi connectivity index (χ2n) is 7.85. The lowest BCUT2D eigenvalue weighted by atomic mass is 10.2. The summed E-state index contributed by atoms with van der Waals surface area (Å²) in [5, 5.41) is 11.8. The SMILES string of the molecule is COCCn1c(=N)c(C(=O)NCCN2CCOCC2)cc2c(=O)n3cc(C)ccc3nc21. The van der Waals surface area contributed by atoms with Gasteiger partial charge in [-0.3, -0.25) is 24.3 Å². The average Bonchev–Trinajstić information content (AvgIpc) is 2.79. The molecule has 0 spiro atoms. The number of morpholine rings is 1. The first kappa shape index (κ1) is 22.1. The number of nitrogens with zero attached hydrogens (tertiary/aromatic N) is 4. The highest BCUT2D eigenvalue weighted by molar-refractivity contribution is 5.96. The molecule has 0 atom stereocenters. The summed E-state index contributed by atoms with van der Waals surface area (Å²) in [6.45, 7) is 6.73. The Bertz CT molecular complexity index is 1260. The monoisotopic (exact) mass is 440 g/mol. The molecule has 4 rings (SSSR count). The van der Waals surface area contributed by atoms with Gasteiger partial charge in [-0.25, -0.2) is 4.98 Å². The summed E-state index contributed by atoms with van der Waals surface area (Å²) in [5.74, 6) is -0.384. The fraction of sp³-hybridized carbons (Fsp3) is 0.455. The van der Waals surface area contributed by atoms with E-state index in [4.69, 9.17) is 14.9 Å². The van der Waals surface area contributed by atoms with Crippen molar-refractivity contribution in [1.29, 1.82) is 5.41 Å². The van der Waals surface area contributed by atoms with Crippen LogP contribution < -0.4 is 16.4 Å². The molecule has 0 radical (unpaired) electrons. The van der Waals surface area contributed by atoms with Crippen molar-refractivity contribution in [3.63, 3.8) is 0 Å². The van der Waals surface area contributed by atoms with E-state index in [0.29, 0.717) is 56.1 Å². The third-order valence-electron chi connectivity index (χ3n) is 5.64. The molecule has 170 valence electrons. The van der Waals surface area contributed by atoms with Crippen LogP contribution in [0.1, 0.15) is 15.9 Å². The molecule has 1 amide bonds. The van der Waals surface area contributed by atoms with Crippen molar-refractivity contribution in [2.45, 2.75) is 13.5 Å². The summed E-state index contributed by atoms with van der Waals surface area (Å²) in [4.78, 5) is 33.0. The smallest absolute Gasteiger partial charge is 0.267 e. The second kappa shape index (κ2) is 9.60. The van der Waals surface area contributed by atoms with E-state index in [-0.39, 0.29) is 22.5 Å². The number of pyridine rings is 2. The van der Waals surface area contributed by atoms with Crippen molar-refractivity contribution >= 4 is 22.6 Å². The fourth-order valence-electron chi connectivity index (χ4n) is 3.86. The number of hydrogen-bond acceptors (Lipinski definition) is 7. The van der Waals surface area contributed by atoms with Crippen LogP contribution in [0.5, 0.6) is 0 Å². The zero-order chi connectivity index (χ0) is 22.7. The summed E-state index contributed by atoms with van der Waals surface area (Å²) in [6.07, 6.45) is 1.72. The van der Waals surface area contributed by atoms with Crippen molar-refractivity contribution in [3.8, 4) is 0 Å². The highest BCUT2D eigenvalue weighted by Gasteiger charge is 2.18. The molecule has 0 aromatic carbocycles. The number of amides is 1. The van der Waals surface area contributed by atoms with Gasteiger partial charge in [-0.2, -0.15) is 0 Å². The lowest BCUT2D eigenvalue weighted by Crippen LogP contribution is -2.42. The third-order valence-corrected chi connectivity index (χ3v) is 5.64. The van der Waals surface area contributed by atoms with Gasteiger partial charge in [0.2, 0.25) is 0 Å². The molecule has 0 unspecified atom stereocenters. The summed E-state index contributed by atoms with van der Waals surface area (Å²) in [7, 11) is 1.56. The second-order valence-corrected chi connectivity index (χ2v) is 7.85. The summed E-state index contributed by atoms with van der Waals surface area (Å²) in [5.41, 5.74) is 1.64. The van der Waals surface area contributed by atoms with Gasteiger partial charge in [0.05, 0.1) is 30.8 Å². The van der Waals surface area contributed by atoms with Gasteiger partial charge in [0.25, 0.3) is 11.5 Å². The van der Waals surface area contributed by atoms with Crippen LogP contribution in [0.25, 0.3) is 16.7 Å². The molecule has 32 heavy (non-hydrogen) atoms. The quantitative estimate of drug-likeness (QED) is 0.506. The number of hydrogen-bond donors (Lipinski definition) is 2. The van der Waals surface area contributed by atoms with Gasteiger partial charge >= 0.3 is 0 Å². The average molecular weight is 441 g/mol. The van der Waals surface area contributed by atoms with E-state index < -0.39 is 0 Å². The van der Waals surface area contributed by atoms with E-state index >= 15 is 0 Å². The van der Waals surface area contributed by atoms with E-state index in [1.807, 2.05) is 13.0 Å².